The van der Waals surface area contributed by atoms with Crippen LogP contribution in [0, 0.1) is 11.6 Å². The van der Waals surface area contributed by atoms with E-state index >= 15 is 0 Å². The van der Waals surface area contributed by atoms with Crippen LogP contribution >= 0.6 is 11.6 Å². The van der Waals surface area contributed by atoms with E-state index in [9.17, 15) is 18.0 Å². The van der Waals surface area contributed by atoms with Gasteiger partial charge in [-0.3, -0.25) is 4.79 Å². The number of carbonyl (C=O) groups excluding carboxylic acids is 1. The molecule has 0 aromatic heterocycles. The first-order chi connectivity index (χ1) is 9.97. The lowest BCUT2D eigenvalue weighted by Crippen LogP contribution is -2.14. The van der Waals surface area contributed by atoms with Gasteiger partial charge in [0.25, 0.3) is 5.24 Å². The van der Waals surface area contributed by atoms with Gasteiger partial charge >= 0.3 is 0 Å². The molecule has 0 N–H and O–H groups in total. The fourth-order valence-electron chi connectivity index (χ4n) is 1.85. The first kappa shape index (κ1) is 17.8. The third-order valence-electron chi connectivity index (χ3n) is 3.05. The molecule has 0 aliphatic heterocycles. The van der Waals surface area contributed by atoms with Gasteiger partial charge in [0, 0.05) is 0 Å². The number of ether oxygens (including phenoxy) is 1. The van der Waals surface area contributed by atoms with Gasteiger partial charge in [-0.25, -0.2) is 8.78 Å². The van der Waals surface area contributed by atoms with Crippen molar-refractivity contribution in [3.8, 4) is 5.75 Å². The first-order valence-corrected chi connectivity index (χ1v) is 7.29. The summed E-state index contributed by atoms with van der Waals surface area (Å²) in [5.74, 6) is -3.14. The zero-order valence-electron chi connectivity index (χ0n) is 11.8. The lowest BCUT2D eigenvalue weighted by Gasteiger charge is -2.12. The molecular formula is C15H18ClF3O2. The van der Waals surface area contributed by atoms with E-state index in [2.05, 4.69) is 6.92 Å². The highest BCUT2D eigenvalue weighted by Gasteiger charge is 2.19. The summed E-state index contributed by atoms with van der Waals surface area (Å²) in [6, 6.07) is 2.08. The molecule has 1 aromatic rings. The topological polar surface area (TPSA) is 26.3 Å². The zero-order chi connectivity index (χ0) is 15.8. The average molecular weight is 323 g/mol. The standard InChI is InChI=1S/C15H18ClF3O2/c1-2-3-4-5-6-10(17)9-21-12-8-7-11(15(16)20)13(18)14(12)19/h7-8,10H,2-6,9H2,1H3. The molecule has 0 saturated carbocycles. The number of carbonyl (C=O) groups is 1. The second-order valence-electron chi connectivity index (χ2n) is 4.77. The van der Waals surface area contributed by atoms with Crippen LogP contribution in [0.5, 0.6) is 5.75 Å². The predicted molar refractivity (Wildman–Crippen MR) is 75.7 cm³/mol. The Labute approximate surface area is 127 Å². The van der Waals surface area contributed by atoms with E-state index in [-0.39, 0.29) is 6.61 Å². The van der Waals surface area contributed by atoms with Gasteiger partial charge in [-0.1, -0.05) is 32.6 Å². The highest BCUT2D eigenvalue weighted by molar-refractivity contribution is 6.67. The predicted octanol–water partition coefficient (Wildman–Crippen LogP) is 5.03. The highest BCUT2D eigenvalue weighted by atomic mass is 35.5. The number of unbranched alkanes of at least 4 members (excludes halogenated alkanes) is 3. The summed E-state index contributed by atoms with van der Waals surface area (Å²) in [5.41, 5.74) is -0.571. The minimum atomic E-state index is -1.38. The van der Waals surface area contributed by atoms with Crippen molar-refractivity contribution in [1.82, 2.24) is 0 Å². The molecule has 0 spiro atoms. The van der Waals surface area contributed by atoms with Crippen LogP contribution < -0.4 is 4.74 Å². The Morgan fingerprint density at radius 3 is 2.57 bits per heavy atom. The Morgan fingerprint density at radius 2 is 1.95 bits per heavy atom. The molecular weight excluding hydrogens is 305 g/mol. The highest BCUT2D eigenvalue weighted by Crippen LogP contribution is 2.24. The Kier molecular flexibility index (Phi) is 7.57. The fraction of sp³-hybridized carbons (Fsp3) is 0.533. The van der Waals surface area contributed by atoms with Gasteiger partial charge in [-0.2, -0.15) is 4.39 Å². The Bertz CT molecular complexity index is 480. The van der Waals surface area contributed by atoms with Gasteiger partial charge in [0.2, 0.25) is 5.82 Å². The molecule has 0 fully saturated rings. The van der Waals surface area contributed by atoms with Crippen molar-refractivity contribution in [2.24, 2.45) is 0 Å². The van der Waals surface area contributed by atoms with Crippen LogP contribution in [0.4, 0.5) is 13.2 Å². The normalized spacial score (nSPS) is 12.2. The summed E-state index contributed by atoms with van der Waals surface area (Å²) in [7, 11) is 0. The molecule has 1 unspecified atom stereocenters. The zero-order valence-corrected chi connectivity index (χ0v) is 12.6. The summed E-state index contributed by atoms with van der Waals surface area (Å²) >= 11 is 5.10. The van der Waals surface area contributed by atoms with Crippen LogP contribution in [0.2, 0.25) is 0 Å². The van der Waals surface area contributed by atoms with Crippen molar-refractivity contribution in [3.63, 3.8) is 0 Å². The summed E-state index contributed by atoms with van der Waals surface area (Å²) in [4.78, 5) is 10.8. The fourth-order valence-corrected chi connectivity index (χ4v) is 2.00. The van der Waals surface area contributed by atoms with E-state index in [1.807, 2.05) is 0 Å². The smallest absolute Gasteiger partial charge is 0.255 e. The van der Waals surface area contributed by atoms with Crippen LogP contribution in [-0.2, 0) is 0 Å². The molecule has 0 saturated heterocycles. The lowest BCUT2D eigenvalue weighted by molar-refractivity contribution is 0.107. The maximum absolute atomic E-state index is 13.6. The average Bonchev–Trinajstić information content (AvgIpc) is 2.44. The third kappa shape index (κ3) is 5.58. The second kappa shape index (κ2) is 8.93. The van der Waals surface area contributed by atoms with E-state index in [0.717, 1.165) is 37.8 Å². The molecule has 6 heteroatoms. The van der Waals surface area contributed by atoms with Crippen LogP contribution in [0.1, 0.15) is 49.4 Å². The molecule has 0 aliphatic carbocycles. The number of hydrogen-bond acceptors (Lipinski definition) is 2. The molecule has 0 amide bonds. The second-order valence-corrected chi connectivity index (χ2v) is 5.11. The summed E-state index contributed by atoms with van der Waals surface area (Å²) < 4.78 is 45.5. The number of benzene rings is 1. The van der Waals surface area contributed by atoms with Crippen molar-refractivity contribution < 1.29 is 22.7 Å². The SMILES string of the molecule is CCCCCCC(F)COc1ccc(C(=O)Cl)c(F)c1F. The number of hydrogen-bond donors (Lipinski definition) is 0. The van der Waals surface area contributed by atoms with Crippen molar-refractivity contribution in [3.05, 3.63) is 29.3 Å². The molecule has 118 valence electrons. The Balaban J connectivity index is 2.52. The van der Waals surface area contributed by atoms with E-state index in [1.165, 1.54) is 0 Å². The van der Waals surface area contributed by atoms with Gasteiger partial charge in [-0.15, -0.1) is 0 Å². The number of halogens is 4. The van der Waals surface area contributed by atoms with Crippen molar-refractivity contribution in [1.29, 1.82) is 0 Å². The summed E-state index contributed by atoms with van der Waals surface area (Å²) in [6.45, 7) is 1.71. The molecule has 0 radical (unpaired) electrons. The van der Waals surface area contributed by atoms with Gasteiger partial charge in [0.1, 0.15) is 12.8 Å². The Hall–Kier alpha value is -1.23. The van der Waals surface area contributed by atoms with Crippen LogP contribution in [-0.4, -0.2) is 18.0 Å². The summed E-state index contributed by atoms with van der Waals surface area (Å²) in [5, 5.41) is -1.10. The molecule has 0 heterocycles. The molecule has 0 aliphatic rings. The molecule has 1 aromatic carbocycles. The molecule has 1 rings (SSSR count). The van der Waals surface area contributed by atoms with Crippen LogP contribution in [0.25, 0.3) is 0 Å². The molecule has 1 atom stereocenters. The minimum absolute atomic E-state index is 0.322. The maximum atomic E-state index is 13.6. The van der Waals surface area contributed by atoms with E-state index < -0.39 is 34.4 Å². The van der Waals surface area contributed by atoms with Crippen LogP contribution in [0.3, 0.4) is 0 Å². The maximum Gasteiger partial charge on any atom is 0.255 e. The van der Waals surface area contributed by atoms with Crippen LogP contribution in [0.15, 0.2) is 12.1 Å². The van der Waals surface area contributed by atoms with Gasteiger partial charge in [-0.05, 0) is 30.2 Å². The van der Waals surface area contributed by atoms with E-state index in [4.69, 9.17) is 16.3 Å². The molecule has 21 heavy (non-hydrogen) atoms. The monoisotopic (exact) mass is 322 g/mol. The lowest BCUT2D eigenvalue weighted by atomic mass is 10.1. The molecule has 2 nitrogen and oxygen atoms in total. The molecule has 0 bridgehead atoms. The summed E-state index contributed by atoms with van der Waals surface area (Å²) in [6.07, 6.45) is 2.85. The van der Waals surface area contributed by atoms with E-state index in [0.29, 0.717) is 6.42 Å². The first-order valence-electron chi connectivity index (χ1n) is 6.92. The van der Waals surface area contributed by atoms with Gasteiger partial charge < -0.3 is 4.74 Å². The third-order valence-corrected chi connectivity index (χ3v) is 3.25. The largest absolute Gasteiger partial charge is 0.487 e. The number of alkyl halides is 1. The van der Waals surface area contributed by atoms with Gasteiger partial charge in [0.15, 0.2) is 11.6 Å². The Morgan fingerprint density at radius 1 is 1.24 bits per heavy atom. The number of rotatable bonds is 9. The minimum Gasteiger partial charge on any atom is -0.487 e. The van der Waals surface area contributed by atoms with Crippen molar-refractivity contribution in [2.45, 2.75) is 45.2 Å². The van der Waals surface area contributed by atoms with Gasteiger partial charge in [0.05, 0.1) is 5.56 Å². The van der Waals surface area contributed by atoms with Crippen molar-refractivity contribution in [2.75, 3.05) is 6.61 Å². The quantitative estimate of drug-likeness (QED) is 0.471. The van der Waals surface area contributed by atoms with Crippen molar-refractivity contribution >= 4 is 16.8 Å². The van der Waals surface area contributed by atoms with E-state index in [1.54, 1.807) is 0 Å².